The molecule has 0 aromatic heterocycles. The van der Waals surface area contributed by atoms with Gasteiger partial charge in [-0.1, -0.05) is 6.07 Å². The van der Waals surface area contributed by atoms with Gasteiger partial charge in [-0.25, -0.2) is 4.79 Å². The quantitative estimate of drug-likeness (QED) is 0.847. The molecule has 0 bridgehead atoms. The Morgan fingerprint density at radius 1 is 1.24 bits per heavy atom. The molecular formula is C15H17BrN2O3. The first-order valence-corrected chi connectivity index (χ1v) is 7.47. The fraction of sp³-hybridized carbons (Fsp3) is 0.333. The molecule has 0 unspecified atom stereocenters. The third-order valence-corrected chi connectivity index (χ3v) is 4.09. The molecule has 0 radical (unpaired) electrons. The summed E-state index contributed by atoms with van der Waals surface area (Å²) in [6, 6.07) is 5.75. The molecule has 0 aliphatic carbocycles. The molecule has 1 aromatic carbocycles. The van der Waals surface area contributed by atoms with Gasteiger partial charge in [0, 0.05) is 43.7 Å². The van der Waals surface area contributed by atoms with Gasteiger partial charge in [0.05, 0.1) is 5.69 Å². The molecule has 0 saturated carbocycles. The van der Waals surface area contributed by atoms with Crippen LogP contribution in [0.5, 0.6) is 0 Å². The highest BCUT2D eigenvalue weighted by atomic mass is 79.9. The summed E-state index contributed by atoms with van der Waals surface area (Å²) in [6.45, 7) is 4.63. The lowest BCUT2D eigenvalue weighted by Gasteiger charge is -2.36. The lowest BCUT2D eigenvalue weighted by molar-refractivity contribution is -0.131. The Kier molecular flexibility index (Phi) is 5.01. The molecule has 1 N–H and O–H groups in total. The first-order valence-electron chi connectivity index (χ1n) is 6.68. The van der Waals surface area contributed by atoms with Crippen LogP contribution < -0.4 is 4.90 Å². The molecule has 1 heterocycles. The first-order chi connectivity index (χ1) is 9.97. The molecule has 1 aliphatic rings. The largest absolute Gasteiger partial charge is 0.478 e. The van der Waals surface area contributed by atoms with Crippen LogP contribution in [0, 0.1) is 0 Å². The van der Waals surface area contributed by atoms with Gasteiger partial charge in [-0.2, -0.15) is 0 Å². The fourth-order valence-electron chi connectivity index (χ4n) is 2.31. The van der Waals surface area contributed by atoms with Crippen molar-refractivity contribution in [2.45, 2.75) is 6.92 Å². The van der Waals surface area contributed by atoms with Gasteiger partial charge in [0.25, 0.3) is 0 Å². The predicted molar refractivity (Wildman–Crippen MR) is 85.3 cm³/mol. The molecule has 21 heavy (non-hydrogen) atoms. The van der Waals surface area contributed by atoms with Crippen molar-refractivity contribution in [1.82, 2.24) is 4.90 Å². The number of carbonyl (C=O) groups excluding carboxylic acids is 1. The van der Waals surface area contributed by atoms with Crippen molar-refractivity contribution in [2.24, 2.45) is 0 Å². The van der Waals surface area contributed by atoms with Gasteiger partial charge in [0.15, 0.2) is 0 Å². The third kappa shape index (κ3) is 4.07. The summed E-state index contributed by atoms with van der Waals surface area (Å²) in [5.74, 6) is -0.849. The summed E-state index contributed by atoms with van der Waals surface area (Å²) < 4.78 is 0.923. The summed E-state index contributed by atoms with van der Waals surface area (Å²) in [5, 5.41) is 8.63. The predicted octanol–water partition coefficient (Wildman–Crippen LogP) is 2.22. The van der Waals surface area contributed by atoms with Crippen LogP contribution in [0.1, 0.15) is 12.5 Å². The van der Waals surface area contributed by atoms with E-state index in [1.165, 1.54) is 0 Å². The van der Waals surface area contributed by atoms with E-state index < -0.39 is 5.97 Å². The number of rotatable bonds is 3. The van der Waals surface area contributed by atoms with Crippen LogP contribution in [-0.2, 0) is 9.59 Å². The van der Waals surface area contributed by atoms with Gasteiger partial charge in [-0.15, -0.1) is 0 Å². The topological polar surface area (TPSA) is 60.9 Å². The minimum absolute atomic E-state index is 0.114. The second-order valence-corrected chi connectivity index (χ2v) is 5.73. The Morgan fingerprint density at radius 3 is 2.43 bits per heavy atom. The number of nitrogens with zero attached hydrogens (tertiary/aromatic N) is 2. The summed E-state index contributed by atoms with van der Waals surface area (Å²) >= 11 is 3.53. The van der Waals surface area contributed by atoms with E-state index in [9.17, 15) is 9.59 Å². The number of piperazine rings is 1. The molecule has 5 nitrogen and oxygen atoms in total. The maximum Gasteiger partial charge on any atom is 0.328 e. The maximum absolute atomic E-state index is 11.3. The number of anilines is 1. The number of hydrogen-bond acceptors (Lipinski definition) is 3. The number of benzene rings is 1. The third-order valence-electron chi connectivity index (χ3n) is 3.46. The van der Waals surface area contributed by atoms with E-state index in [1.807, 2.05) is 23.1 Å². The van der Waals surface area contributed by atoms with Crippen molar-refractivity contribution in [3.63, 3.8) is 0 Å². The highest BCUT2D eigenvalue weighted by molar-refractivity contribution is 9.10. The normalized spacial score (nSPS) is 15.5. The monoisotopic (exact) mass is 352 g/mol. The molecule has 1 fully saturated rings. The first kappa shape index (κ1) is 15.6. The van der Waals surface area contributed by atoms with Gasteiger partial charge in [-0.3, -0.25) is 4.79 Å². The molecule has 0 spiro atoms. The molecule has 2 rings (SSSR count). The van der Waals surface area contributed by atoms with E-state index in [0.29, 0.717) is 0 Å². The number of halogens is 1. The second kappa shape index (κ2) is 6.76. The van der Waals surface area contributed by atoms with Crippen molar-refractivity contribution < 1.29 is 14.7 Å². The average Bonchev–Trinajstić information content (AvgIpc) is 2.45. The lowest BCUT2D eigenvalue weighted by Crippen LogP contribution is -2.48. The Bertz CT molecular complexity index is 578. The van der Waals surface area contributed by atoms with Gasteiger partial charge in [0.2, 0.25) is 5.91 Å². The Balaban J connectivity index is 2.08. The molecule has 1 amide bonds. The number of carboxylic acids is 1. The summed E-state index contributed by atoms with van der Waals surface area (Å²) in [4.78, 5) is 25.9. The molecular weight excluding hydrogens is 336 g/mol. The van der Waals surface area contributed by atoms with Crippen LogP contribution in [-0.4, -0.2) is 48.1 Å². The smallest absolute Gasteiger partial charge is 0.328 e. The molecule has 1 aliphatic heterocycles. The minimum atomic E-state index is -0.962. The lowest BCUT2D eigenvalue weighted by atomic mass is 10.1. The van der Waals surface area contributed by atoms with Gasteiger partial charge in [0.1, 0.15) is 0 Å². The van der Waals surface area contributed by atoms with E-state index in [0.717, 1.165) is 48.0 Å². The number of carboxylic acid groups (broad SMARTS) is 1. The Morgan fingerprint density at radius 2 is 1.90 bits per heavy atom. The van der Waals surface area contributed by atoms with Crippen LogP contribution in [0.15, 0.2) is 28.7 Å². The molecule has 1 aromatic rings. The van der Waals surface area contributed by atoms with Gasteiger partial charge >= 0.3 is 5.97 Å². The van der Waals surface area contributed by atoms with Crippen molar-refractivity contribution in [3.8, 4) is 0 Å². The summed E-state index contributed by atoms with van der Waals surface area (Å²) in [5.41, 5.74) is 1.89. The second-order valence-electron chi connectivity index (χ2n) is 4.88. The van der Waals surface area contributed by atoms with Crippen LogP contribution in [0.3, 0.4) is 0 Å². The van der Waals surface area contributed by atoms with E-state index >= 15 is 0 Å². The Hall–Kier alpha value is -1.82. The van der Waals surface area contributed by atoms with Crippen LogP contribution in [0.2, 0.25) is 0 Å². The van der Waals surface area contributed by atoms with E-state index in [4.69, 9.17) is 5.11 Å². The highest BCUT2D eigenvalue weighted by Crippen LogP contribution is 2.28. The van der Waals surface area contributed by atoms with Crippen LogP contribution in [0.4, 0.5) is 5.69 Å². The summed E-state index contributed by atoms with van der Waals surface area (Å²) in [6.07, 6.45) is 2.68. The van der Waals surface area contributed by atoms with Crippen molar-refractivity contribution in [2.75, 3.05) is 31.1 Å². The molecule has 0 atom stereocenters. The van der Waals surface area contributed by atoms with Gasteiger partial charge in [-0.05, 0) is 39.7 Å². The Labute approximate surface area is 132 Å². The zero-order valence-corrected chi connectivity index (χ0v) is 13.3. The standard InChI is InChI=1S/C15H17BrN2O3/c1-11(19)17-6-8-18(9-7-17)14-4-2-12(10-13(14)16)3-5-15(20)21/h2-5,10H,6-9H2,1H3,(H,20,21)/b5-3+. The number of carbonyl (C=O) groups is 2. The zero-order valence-electron chi connectivity index (χ0n) is 11.8. The highest BCUT2D eigenvalue weighted by Gasteiger charge is 2.20. The average molecular weight is 353 g/mol. The maximum atomic E-state index is 11.3. The van der Waals surface area contributed by atoms with E-state index in [2.05, 4.69) is 20.8 Å². The molecule has 112 valence electrons. The van der Waals surface area contributed by atoms with Crippen molar-refractivity contribution in [1.29, 1.82) is 0 Å². The SMILES string of the molecule is CC(=O)N1CCN(c2ccc(/C=C/C(=O)O)cc2Br)CC1. The summed E-state index contributed by atoms with van der Waals surface area (Å²) in [7, 11) is 0. The number of amides is 1. The van der Waals surface area contributed by atoms with Crippen molar-refractivity contribution in [3.05, 3.63) is 34.3 Å². The fourth-order valence-corrected chi connectivity index (χ4v) is 2.96. The molecule has 1 saturated heterocycles. The number of aliphatic carboxylic acids is 1. The van der Waals surface area contributed by atoms with Gasteiger partial charge < -0.3 is 14.9 Å². The van der Waals surface area contributed by atoms with Crippen molar-refractivity contribution >= 4 is 39.6 Å². The number of hydrogen-bond donors (Lipinski definition) is 1. The van der Waals surface area contributed by atoms with E-state index in [-0.39, 0.29) is 5.91 Å². The van der Waals surface area contributed by atoms with Crippen LogP contribution >= 0.6 is 15.9 Å². The minimum Gasteiger partial charge on any atom is -0.478 e. The van der Waals surface area contributed by atoms with E-state index in [1.54, 1.807) is 13.0 Å². The molecule has 6 heteroatoms. The van der Waals surface area contributed by atoms with Crippen LogP contribution in [0.25, 0.3) is 6.08 Å². The zero-order chi connectivity index (χ0) is 15.4.